The molecule has 3 rings (SSSR count). The first-order chi connectivity index (χ1) is 10.7. The third-order valence-corrected chi connectivity index (χ3v) is 4.31. The van der Waals surface area contributed by atoms with E-state index < -0.39 is 0 Å². The summed E-state index contributed by atoms with van der Waals surface area (Å²) >= 11 is 1.69. The van der Waals surface area contributed by atoms with Gasteiger partial charge in [0.15, 0.2) is 11.5 Å². The molecular weight excluding hydrogens is 296 g/mol. The van der Waals surface area contributed by atoms with E-state index in [-0.39, 0.29) is 5.75 Å². The number of phenols is 1. The van der Waals surface area contributed by atoms with E-state index >= 15 is 0 Å². The van der Waals surface area contributed by atoms with Crippen LogP contribution in [0, 0.1) is 0 Å². The van der Waals surface area contributed by atoms with Crippen LogP contribution in [0.3, 0.4) is 0 Å². The first-order valence-electron chi connectivity index (χ1n) is 6.81. The highest BCUT2D eigenvalue weighted by atomic mass is 32.1. The summed E-state index contributed by atoms with van der Waals surface area (Å²) in [6.45, 7) is 0. The Morgan fingerprint density at radius 3 is 2.41 bits per heavy atom. The van der Waals surface area contributed by atoms with E-state index in [0.717, 1.165) is 22.3 Å². The maximum atomic E-state index is 9.81. The Labute approximate surface area is 133 Å². The molecule has 0 amide bonds. The fraction of sp³-hybridized carbons (Fsp3) is 0.111. The summed E-state index contributed by atoms with van der Waals surface area (Å²) in [5.74, 6) is 1.48. The first kappa shape index (κ1) is 14.5. The Balaban J connectivity index is 1.93. The number of ether oxygens (including phenoxy) is 2. The van der Waals surface area contributed by atoms with Crippen molar-refractivity contribution in [3.8, 4) is 17.2 Å². The second-order valence-corrected chi connectivity index (χ2v) is 5.77. The minimum Gasteiger partial charge on any atom is -0.504 e. The summed E-state index contributed by atoms with van der Waals surface area (Å²) in [6, 6.07) is 11.5. The summed E-state index contributed by atoms with van der Waals surface area (Å²) in [4.78, 5) is 0. The average molecular weight is 312 g/mol. The highest BCUT2D eigenvalue weighted by Gasteiger charge is 2.04. The van der Waals surface area contributed by atoms with Gasteiger partial charge in [0.2, 0.25) is 0 Å². The minimum atomic E-state index is 0.135. The molecule has 0 aliphatic rings. The second kappa shape index (κ2) is 6.12. The predicted octanol–water partition coefficient (Wildman–Crippen LogP) is 4.79. The lowest BCUT2D eigenvalue weighted by Gasteiger charge is -2.05. The third kappa shape index (κ3) is 2.78. The zero-order valence-electron chi connectivity index (χ0n) is 12.4. The van der Waals surface area contributed by atoms with Gasteiger partial charge in [-0.2, -0.15) is 0 Å². The Hall–Kier alpha value is -2.46. The van der Waals surface area contributed by atoms with Crippen LogP contribution in [0.15, 0.2) is 41.8 Å². The Morgan fingerprint density at radius 2 is 1.68 bits per heavy atom. The first-order valence-corrected chi connectivity index (χ1v) is 7.69. The van der Waals surface area contributed by atoms with Crippen molar-refractivity contribution < 1.29 is 14.6 Å². The van der Waals surface area contributed by atoms with Gasteiger partial charge in [-0.1, -0.05) is 18.2 Å². The zero-order chi connectivity index (χ0) is 15.5. The van der Waals surface area contributed by atoms with E-state index in [1.807, 2.05) is 24.3 Å². The molecule has 0 aliphatic carbocycles. The number of hydrogen-bond acceptors (Lipinski definition) is 4. The lowest BCUT2D eigenvalue weighted by atomic mass is 10.1. The average Bonchev–Trinajstić information content (AvgIpc) is 3.00. The van der Waals surface area contributed by atoms with Gasteiger partial charge in [0, 0.05) is 10.1 Å². The van der Waals surface area contributed by atoms with Crippen LogP contribution in [0.4, 0.5) is 0 Å². The summed E-state index contributed by atoms with van der Waals surface area (Å²) in [7, 11) is 3.22. The molecule has 0 saturated carbocycles. The topological polar surface area (TPSA) is 38.7 Å². The van der Waals surface area contributed by atoms with E-state index in [0.29, 0.717) is 5.75 Å². The van der Waals surface area contributed by atoms with Crippen LogP contribution in [0.1, 0.15) is 11.1 Å². The Kier molecular flexibility index (Phi) is 4.02. The van der Waals surface area contributed by atoms with Crippen LogP contribution in [-0.2, 0) is 0 Å². The van der Waals surface area contributed by atoms with E-state index in [1.54, 1.807) is 30.6 Å². The molecule has 3 aromatic rings. The van der Waals surface area contributed by atoms with E-state index in [4.69, 9.17) is 9.47 Å². The van der Waals surface area contributed by atoms with Crippen molar-refractivity contribution >= 4 is 33.6 Å². The quantitative estimate of drug-likeness (QED) is 0.704. The molecule has 0 aliphatic heterocycles. The largest absolute Gasteiger partial charge is 0.504 e. The van der Waals surface area contributed by atoms with Gasteiger partial charge in [0.25, 0.3) is 0 Å². The van der Waals surface area contributed by atoms with Gasteiger partial charge in [0.05, 0.1) is 14.2 Å². The number of phenolic OH excluding ortho intramolecular Hbond substituents is 1. The summed E-state index contributed by atoms with van der Waals surface area (Å²) in [5.41, 5.74) is 1.96. The predicted molar refractivity (Wildman–Crippen MR) is 92.0 cm³/mol. The van der Waals surface area contributed by atoms with Crippen molar-refractivity contribution in [1.82, 2.24) is 0 Å². The number of aromatic hydroxyl groups is 1. The number of methoxy groups -OCH3 is 2. The molecule has 0 unspecified atom stereocenters. The zero-order valence-corrected chi connectivity index (χ0v) is 13.2. The lowest BCUT2D eigenvalue weighted by molar-refractivity contribution is 0.373. The fourth-order valence-electron chi connectivity index (χ4n) is 2.33. The molecule has 0 saturated heterocycles. The number of benzene rings is 2. The fourth-order valence-corrected chi connectivity index (χ4v) is 3.18. The van der Waals surface area contributed by atoms with Crippen LogP contribution < -0.4 is 9.47 Å². The van der Waals surface area contributed by atoms with Crippen molar-refractivity contribution in [2.45, 2.75) is 0 Å². The lowest BCUT2D eigenvalue weighted by Crippen LogP contribution is -1.85. The summed E-state index contributed by atoms with van der Waals surface area (Å²) in [5, 5.41) is 13.0. The molecule has 0 spiro atoms. The SMILES string of the molecule is COc1ccc(/C=C/c2cc(OC)c3ccsc3c2)cc1O. The van der Waals surface area contributed by atoms with Crippen molar-refractivity contribution in [2.75, 3.05) is 14.2 Å². The van der Waals surface area contributed by atoms with E-state index in [1.165, 1.54) is 11.8 Å². The molecule has 0 radical (unpaired) electrons. The highest BCUT2D eigenvalue weighted by Crippen LogP contribution is 2.32. The number of fused-ring (bicyclic) bond motifs is 1. The van der Waals surface area contributed by atoms with Gasteiger partial charge in [-0.3, -0.25) is 0 Å². The molecule has 1 N–H and O–H groups in total. The molecule has 3 nitrogen and oxygen atoms in total. The maximum Gasteiger partial charge on any atom is 0.160 e. The Bertz CT molecular complexity index is 833. The van der Waals surface area contributed by atoms with Crippen LogP contribution in [0.2, 0.25) is 0 Å². The van der Waals surface area contributed by atoms with Gasteiger partial charge < -0.3 is 14.6 Å². The highest BCUT2D eigenvalue weighted by molar-refractivity contribution is 7.17. The molecule has 1 aromatic heterocycles. The van der Waals surface area contributed by atoms with Crippen molar-refractivity contribution in [2.24, 2.45) is 0 Å². The maximum absolute atomic E-state index is 9.81. The van der Waals surface area contributed by atoms with Crippen LogP contribution in [0.25, 0.3) is 22.2 Å². The van der Waals surface area contributed by atoms with E-state index in [9.17, 15) is 5.11 Å². The van der Waals surface area contributed by atoms with Crippen LogP contribution in [0.5, 0.6) is 17.2 Å². The summed E-state index contributed by atoms with van der Waals surface area (Å²) < 4.78 is 11.7. The molecular formula is C18H16O3S. The number of hydrogen-bond donors (Lipinski definition) is 1. The van der Waals surface area contributed by atoms with Gasteiger partial charge in [0.1, 0.15) is 5.75 Å². The summed E-state index contributed by atoms with van der Waals surface area (Å²) in [6.07, 6.45) is 3.95. The molecule has 0 bridgehead atoms. The van der Waals surface area contributed by atoms with Gasteiger partial charge >= 0.3 is 0 Å². The van der Waals surface area contributed by atoms with Gasteiger partial charge in [-0.05, 0) is 46.8 Å². The molecule has 2 aromatic carbocycles. The molecule has 0 atom stereocenters. The molecule has 4 heteroatoms. The standard InChI is InChI=1S/C18H16O3S/c1-20-16-6-5-12(9-15(16)19)3-4-13-10-17(21-2)14-7-8-22-18(14)11-13/h3-11,19H,1-2H3/b4-3+. The Morgan fingerprint density at radius 1 is 0.909 bits per heavy atom. The third-order valence-electron chi connectivity index (χ3n) is 3.45. The molecule has 22 heavy (non-hydrogen) atoms. The normalized spacial score (nSPS) is 11.2. The van der Waals surface area contributed by atoms with Crippen LogP contribution in [-0.4, -0.2) is 19.3 Å². The molecule has 0 fully saturated rings. The van der Waals surface area contributed by atoms with Crippen molar-refractivity contribution in [3.05, 3.63) is 52.9 Å². The monoisotopic (exact) mass is 312 g/mol. The number of thiophene rings is 1. The smallest absolute Gasteiger partial charge is 0.160 e. The number of rotatable bonds is 4. The molecule has 112 valence electrons. The molecule has 1 heterocycles. The van der Waals surface area contributed by atoms with E-state index in [2.05, 4.69) is 17.5 Å². The minimum absolute atomic E-state index is 0.135. The van der Waals surface area contributed by atoms with Gasteiger partial charge in [-0.15, -0.1) is 11.3 Å². The van der Waals surface area contributed by atoms with Gasteiger partial charge in [-0.25, -0.2) is 0 Å². The second-order valence-electron chi connectivity index (χ2n) is 4.82. The van der Waals surface area contributed by atoms with Crippen LogP contribution >= 0.6 is 11.3 Å². The van der Waals surface area contributed by atoms with Crippen molar-refractivity contribution in [3.63, 3.8) is 0 Å². The van der Waals surface area contributed by atoms with Crippen molar-refractivity contribution in [1.29, 1.82) is 0 Å².